The van der Waals surface area contributed by atoms with Gasteiger partial charge in [0.2, 0.25) is 0 Å². The number of hydrogen-bond acceptors (Lipinski definition) is 6. The Hall–Kier alpha value is -2.86. The van der Waals surface area contributed by atoms with E-state index in [9.17, 15) is 23.1 Å². The van der Waals surface area contributed by atoms with Crippen molar-refractivity contribution in [2.75, 3.05) is 26.4 Å². The zero-order valence-electron chi connectivity index (χ0n) is 18.7. The topological polar surface area (TPSA) is 80.0 Å². The standard InChI is InChI=1S/C24H20ClF3N4O3S/c25-17-3-2-15(19(9-17)24(26,27)28)11-32-20-4-1-14(7-16(20)10-29-32)8-21-22(34)30-23(36-21)31-5-6-35-13-18(31)12-33/h1-4,7-10,18,33H,5-6,11-13H2/b21-8+/t18-/m1/s1. The van der Waals surface area contributed by atoms with Crippen LogP contribution in [-0.4, -0.2) is 63.3 Å². The molecule has 12 heteroatoms. The number of carbonyl (C=O) groups excluding carboxylic acids is 1. The van der Waals surface area contributed by atoms with Crippen molar-refractivity contribution >= 4 is 51.4 Å². The van der Waals surface area contributed by atoms with E-state index in [-0.39, 0.29) is 35.7 Å². The van der Waals surface area contributed by atoms with E-state index in [0.29, 0.717) is 35.3 Å². The molecule has 0 spiro atoms. The zero-order chi connectivity index (χ0) is 25.4. The van der Waals surface area contributed by atoms with E-state index in [1.165, 1.54) is 28.6 Å². The molecular weight excluding hydrogens is 517 g/mol. The van der Waals surface area contributed by atoms with E-state index in [0.717, 1.165) is 17.0 Å². The minimum atomic E-state index is -4.53. The predicted octanol–water partition coefficient (Wildman–Crippen LogP) is 4.42. The van der Waals surface area contributed by atoms with Gasteiger partial charge in [0.15, 0.2) is 5.17 Å². The number of alkyl halides is 3. The Kier molecular flexibility index (Phi) is 6.82. The fraction of sp³-hybridized carbons (Fsp3) is 0.292. The number of fused-ring (bicyclic) bond motifs is 1. The number of benzene rings is 2. The average molecular weight is 537 g/mol. The predicted molar refractivity (Wildman–Crippen MR) is 132 cm³/mol. The molecule has 2 aromatic carbocycles. The number of ether oxygens (including phenoxy) is 1. The number of carbonyl (C=O) groups is 1. The largest absolute Gasteiger partial charge is 0.416 e. The van der Waals surface area contributed by atoms with Crippen LogP contribution in [0, 0.1) is 0 Å². The number of amidine groups is 1. The highest BCUT2D eigenvalue weighted by Crippen LogP contribution is 2.35. The maximum absolute atomic E-state index is 13.5. The van der Waals surface area contributed by atoms with Gasteiger partial charge in [-0.05, 0) is 53.2 Å². The second-order valence-electron chi connectivity index (χ2n) is 8.33. The van der Waals surface area contributed by atoms with Crippen molar-refractivity contribution in [3.63, 3.8) is 0 Å². The zero-order valence-corrected chi connectivity index (χ0v) is 20.3. The normalized spacial score (nSPS) is 20.0. The van der Waals surface area contributed by atoms with Crippen LogP contribution in [0.3, 0.4) is 0 Å². The second kappa shape index (κ2) is 9.89. The summed E-state index contributed by atoms with van der Waals surface area (Å²) in [7, 11) is 0. The Bertz CT molecular complexity index is 1390. The van der Waals surface area contributed by atoms with Crippen molar-refractivity contribution in [1.29, 1.82) is 0 Å². The third kappa shape index (κ3) is 5.01. The Morgan fingerprint density at radius 3 is 2.86 bits per heavy atom. The van der Waals surface area contributed by atoms with Gasteiger partial charge >= 0.3 is 6.18 Å². The van der Waals surface area contributed by atoms with Crippen molar-refractivity contribution in [3.8, 4) is 0 Å². The quantitative estimate of drug-likeness (QED) is 0.497. The molecule has 7 nitrogen and oxygen atoms in total. The maximum Gasteiger partial charge on any atom is 0.416 e. The number of aliphatic hydroxyl groups excluding tert-OH is 1. The van der Waals surface area contributed by atoms with Crippen molar-refractivity contribution in [2.45, 2.75) is 18.8 Å². The molecule has 3 heterocycles. The molecular formula is C24H20ClF3N4O3S. The highest BCUT2D eigenvalue weighted by molar-refractivity contribution is 8.18. The first kappa shape index (κ1) is 24.8. The molecule has 1 aromatic heterocycles. The van der Waals surface area contributed by atoms with Crippen molar-refractivity contribution in [2.24, 2.45) is 4.99 Å². The molecule has 5 rings (SSSR count). The number of morpholine rings is 1. The first-order chi connectivity index (χ1) is 17.2. The second-order valence-corrected chi connectivity index (χ2v) is 9.78. The van der Waals surface area contributed by atoms with Gasteiger partial charge in [-0.1, -0.05) is 23.7 Å². The number of aromatic nitrogens is 2. The number of thioether (sulfide) groups is 1. The van der Waals surface area contributed by atoms with E-state index in [1.54, 1.807) is 24.4 Å². The van der Waals surface area contributed by atoms with Crippen LogP contribution in [0.25, 0.3) is 17.0 Å². The van der Waals surface area contributed by atoms with Gasteiger partial charge in [0.25, 0.3) is 5.91 Å². The summed E-state index contributed by atoms with van der Waals surface area (Å²) in [6.07, 6.45) is -1.24. The lowest BCUT2D eigenvalue weighted by atomic mass is 10.1. The average Bonchev–Trinajstić information content (AvgIpc) is 3.42. The molecule has 0 radical (unpaired) electrons. The summed E-state index contributed by atoms with van der Waals surface area (Å²) in [6, 6.07) is 8.79. The van der Waals surface area contributed by atoms with E-state index >= 15 is 0 Å². The highest BCUT2D eigenvalue weighted by atomic mass is 35.5. The monoisotopic (exact) mass is 536 g/mol. The summed E-state index contributed by atoms with van der Waals surface area (Å²) >= 11 is 7.02. The number of halogens is 4. The number of aliphatic imine (C=N–C) groups is 1. The van der Waals surface area contributed by atoms with Gasteiger partial charge in [-0.3, -0.25) is 9.48 Å². The first-order valence-electron chi connectivity index (χ1n) is 11.0. The minimum absolute atomic E-state index is 0.0149. The summed E-state index contributed by atoms with van der Waals surface area (Å²) in [5.41, 5.74) is 0.653. The first-order valence-corrected chi connectivity index (χ1v) is 12.2. The molecule has 0 aliphatic carbocycles. The molecule has 2 aliphatic heterocycles. The van der Waals surface area contributed by atoms with Crippen molar-refractivity contribution in [1.82, 2.24) is 14.7 Å². The SMILES string of the molecule is O=C1N=C(N2CCOC[C@H]2CO)S/C1=C/c1ccc2c(cnn2Cc2ccc(Cl)cc2C(F)(F)F)c1. The molecule has 1 fully saturated rings. The van der Waals surface area contributed by atoms with E-state index < -0.39 is 11.7 Å². The van der Waals surface area contributed by atoms with Crippen molar-refractivity contribution < 1.29 is 27.8 Å². The van der Waals surface area contributed by atoms with Crippen LogP contribution in [0.4, 0.5) is 13.2 Å². The lowest BCUT2D eigenvalue weighted by molar-refractivity contribution is -0.138. The van der Waals surface area contributed by atoms with Gasteiger partial charge in [0.05, 0.1) is 54.6 Å². The number of rotatable bonds is 4. The van der Waals surface area contributed by atoms with Crippen LogP contribution in [0.15, 0.2) is 52.5 Å². The van der Waals surface area contributed by atoms with Gasteiger partial charge < -0.3 is 14.7 Å². The summed E-state index contributed by atoms with van der Waals surface area (Å²) in [4.78, 5) is 19.0. The van der Waals surface area contributed by atoms with Gasteiger partial charge in [0.1, 0.15) is 0 Å². The molecule has 3 aromatic rings. The molecule has 1 saturated heterocycles. The highest BCUT2D eigenvalue weighted by Gasteiger charge is 2.34. The molecule has 1 atom stereocenters. The summed E-state index contributed by atoms with van der Waals surface area (Å²) < 4.78 is 47.3. The Morgan fingerprint density at radius 2 is 2.08 bits per heavy atom. The summed E-state index contributed by atoms with van der Waals surface area (Å²) in [6.45, 7) is 1.21. The lowest BCUT2D eigenvalue weighted by Crippen LogP contribution is -2.49. The van der Waals surface area contributed by atoms with Crippen LogP contribution in [0.1, 0.15) is 16.7 Å². The molecule has 2 aliphatic rings. The lowest BCUT2D eigenvalue weighted by Gasteiger charge is -2.35. The Labute approximate surface area is 213 Å². The molecule has 0 saturated carbocycles. The molecule has 188 valence electrons. The van der Waals surface area contributed by atoms with Gasteiger partial charge in [0, 0.05) is 17.0 Å². The van der Waals surface area contributed by atoms with Crippen molar-refractivity contribution in [3.05, 3.63) is 69.2 Å². The number of hydrogen-bond donors (Lipinski definition) is 1. The number of nitrogens with zero attached hydrogens (tertiary/aromatic N) is 4. The third-order valence-corrected chi connectivity index (χ3v) is 7.21. The maximum atomic E-state index is 13.5. The van der Waals surface area contributed by atoms with Crippen LogP contribution >= 0.6 is 23.4 Å². The third-order valence-electron chi connectivity index (χ3n) is 5.95. The van der Waals surface area contributed by atoms with Crippen LogP contribution in [0.2, 0.25) is 5.02 Å². The molecule has 1 amide bonds. The molecule has 0 unspecified atom stereocenters. The van der Waals surface area contributed by atoms with E-state index in [2.05, 4.69) is 10.1 Å². The molecule has 0 bridgehead atoms. The smallest absolute Gasteiger partial charge is 0.394 e. The van der Waals surface area contributed by atoms with Gasteiger partial charge in [-0.15, -0.1) is 0 Å². The van der Waals surface area contributed by atoms with Crippen LogP contribution < -0.4 is 0 Å². The Balaban J connectivity index is 1.37. The van der Waals surface area contributed by atoms with Crippen LogP contribution in [0.5, 0.6) is 0 Å². The van der Waals surface area contributed by atoms with Crippen LogP contribution in [-0.2, 0) is 22.3 Å². The summed E-state index contributed by atoms with van der Waals surface area (Å²) in [5, 5.41) is 15.1. The summed E-state index contributed by atoms with van der Waals surface area (Å²) in [5.74, 6) is -0.364. The molecule has 36 heavy (non-hydrogen) atoms. The number of amides is 1. The molecule has 1 N–H and O–H groups in total. The van der Waals surface area contributed by atoms with E-state index in [4.69, 9.17) is 16.3 Å². The minimum Gasteiger partial charge on any atom is -0.394 e. The Morgan fingerprint density at radius 1 is 1.25 bits per heavy atom. The van der Waals surface area contributed by atoms with Gasteiger partial charge in [-0.25, -0.2) is 0 Å². The fourth-order valence-electron chi connectivity index (χ4n) is 4.16. The van der Waals surface area contributed by atoms with E-state index in [1.807, 2.05) is 11.0 Å². The fourth-order valence-corrected chi connectivity index (χ4v) is 5.35. The van der Waals surface area contributed by atoms with Gasteiger partial charge in [-0.2, -0.15) is 23.3 Å². The number of aliphatic hydroxyl groups is 1.